The molecular formula is C21H17FO2. The molecule has 3 aromatic carbocycles. The van der Waals surface area contributed by atoms with Gasteiger partial charge in [0.05, 0.1) is 5.56 Å². The van der Waals surface area contributed by atoms with E-state index >= 15 is 0 Å². The third-order valence-corrected chi connectivity index (χ3v) is 3.81. The van der Waals surface area contributed by atoms with E-state index in [1.807, 2.05) is 50.2 Å². The first-order chi connectivity index (χ1) is 11.5. The van der Waals surface area contributed by atoms with E-state index in [2.05, 4.69) is 0 Å². The maximum absolute atomic E-state index is 14.3. The van der Waals surface area contributed by atoms with Gasteiger partial charge in [0.25, 0.3) is 0 Å². The summed E-state index contributed by atoms with van der Waals surface area (Å²) in [6.45, 7) is 3.93. The molecule has 0 fully saturated rings. The molecule has 0 N–H and O–H groups in total. The molecule has 0 saturated carbocycles. The summed E-state index contributed by atoms with van der Waals surface area (Å²) < 4.78 is 19.6. The smallest absolute Gasteiger partial charge is 0.346 e. The van der Waals surface area contributed by atoms with Crippen molar-refractivity contribution in [3.8, 4) is 16.9 Å². The number of hydrogen-bond donors (Lipinski definition) is 0. The number of ether oxygens (including phenoxy) is 1. The van der Waals surface area contributed by atoms with Gasteiger partial charge >= 0.3 is 5.97 Å². The first-order valence-corrected chi connectivity index (χ1v) is 7.68. The second-order valence-corrected chi connectivity index (χ2v) is 5.76. The highest BCUT2D eigenvalue weighted by Gasteiger charge is 2.15. The molecule has 24 heavy (non-hydrogen) atoms. The number of aryl methyl sites for hydroxylation is 2. The van der Waals surface area contributed by atoms with Gasteiger partial charge in [0.15, 0.2) is 0 Å². The fourth-order valence-corrected chi connectivity index (χ4v) is 2.37. The Morgan fingerprint density at radius 2 is 1.33 bits per heavy atom. The normalized spacial score (nSPS) is 10.5. The van der Waals surface area contributed by atoms with Crippen molar-refractivity contribution in [2.75, 3.05) is 0 Å². The van der Waals surface area contributed by atoms with Crippen LogP contribution in [0.3, 0.4) is 0 Å². The molecule has 0 atom stereocenters. The van der Waals surface area contributed by atoms with Crippen molar-refractivity contribution in [1.29, 1.82) is 0 Å². The maximum Gasteiger partial charge on any atom is 0.346 e. The van der Waals surface area contributed by atoms with Gasteiger partial charge in [-0.2, -0.15) is 0 Å². The molecular weight excluding hydrogens is 303 g/mol. The minimum absolute atomic E-state index is 0.0774. The zero-order valence-corrected chi connectivity index (χ0v) is 13.5. The molecule has 2 nitrogen and oxygen atoms in total. The van der Waals surface area contributed by atoms with Crippen LogP contribution in [0.4, 0.5) is 4.39 Å². The zero-order chi connectivity index (χ0) is 17.1. The number of rotatable bonds is 3. The summed E-state index contributed by atoms with van der Waals surface area (Å²) >= 11 is 0. The van der Waals surface area contributed by atoms with Crippen LogP contribution in [0.25, 0.3) is 11.1 Å². The Hall–Kier alpha value is -2.94. The van der Waals surface area contributed by atoms with E-state index in [0.29, 0.717) is 5.75 Å². The van der Waals surface area contributed by atoms with Crippen molar-refractivity contribution in [3.05, 3.63) is 89.2 Å². The molecule has 0 bridgehead atoms. The molecule has 0 aliphatic carbocycles. The van der Waals surface area contributed by atoms with Gasteiger partial charge in [0.2, 0.25) is 0 Å². The molecule has 0 aromatic heterocycles. The topological polar surface area (TPSA) is 26.3 Å². The highest BCUT2D eigenvalue weighted by atomic mass is 19.1. The van der Waals surface area contributed by atoms with Gasteiger partial charge in [0.1, 0.15) is 11.6 Å². The molecule has 0 spiro atoms. The quantitative estimate of drug-likeness (QED) is 0.482. The Morgan fingerprint density at radius 3 is 1.92 bits per heavy atom. The first-order valence-electron chi connectivity index (χ1n) is 7.68. The van der Waals surface area contributed by atoms with Gasteiger partial charge < -0.3 is 4.74 Å². The molecule has 0 aliphatic heterocycles. The summed E-state index contributed by atoms with van der Waals surface area (Å²) in [5.74, 6) is -0.899. The van der Waals surface area contributed by atoms with Gasteiger partial charge in [-0.15, -0.1) is 0 Å². The lowest BCUT2D eigenvalue weighted by Crippen LogP contribution is -2.10. The fourth-order valence-electron chi connectivity index (χ4n) is 2.37. The van der Waals surface area contributed by atoms with Gasteiger partial charge in [-0.05, 0) is 49.2 Å². The molecule has 3 heteroatoms. The summed E-state index contributed by atoms with van der Waals surface area (Å²) in [4.78, 5) is 12.2. The number of carbonyl (C=O) groups is 1. The second-order valence-electron chi connectivity index (χ2n) is 5.76. The Bertz CT molecular complexity index is 865. The number of esters is 1. The standard InChI is InChI=1S/C21H17FO2/c1-14-3-7-16(8-4-14)17-9-12-19(20(22)13-17)21(23)24-18-10-5-15(2)6-11-18/h3-13H,1-2H3. The van der Waals surface area contributed by atoms with Crippen molar-refractivity contribution in [2.24, 2.45) is 0 Å². The minimum atomic E-state index is -0.702. The zero-order valence-electron chi connectivity index (χ0n) is 13.5. The Kier molecular flexibility index (Phi) is 4.43. The Labute approximate surface area is 140 Å². The van der Waals surface area contributed by atoms with E-state index in [1.165, 1.54) is 12.1 Å². The van der Waals surface area contributed by atoms with Crippen molar-refractivity contribution in [3.63, 3.8) is 0 Å². The molecule has 3 aromatic rings. The van der Waals surface area contributed by atoms with Crippen molar-refractivity contribution in [1.82, 2.24) is 0 Å². The van der Waals surface area contributed by atoms with E-state index in [1.54, 1.807) is 18.2 Å². The van der Waals surface area contributed by atoms with Crippen LogP contribution in [-0.2, 0) is 0 Å². The molecule has 0 unspecified atom stereocenters. The summed E-state index contributed by atoms with van der Waals surface area (Å²) in [7, 11) is 0. The molecule has 3 rings (SSSR count). The summed E-state index contributed by atoms with van der Waals surface area (Å²) in [5, 5.41) is 0. The number of carbonyl (C=O) groups excluding carboxylic acids is 1. The molecule has 120 valence electrons. The first kappa shape index (κ1) is 15.9. The van der Waals surface area contributed by atoms with Crippen LogP contribution in [-0.4, -0.2) is 5.97 Å². The van der Waals surface area contributed by atoms with Crippen molar-refractivity contribution < 1.29 is 13.9 Å². The van der Waals surface area contributed by atoms with E-state index in [-0.39, 0.29) is 5.56 Å². The van der Waals surface area contributed by atoms with Crippen LogP contribution in [0, 0.1) is 19.7 Å². The lowest BCUT2D eigenvalue weighted by atomic mass is 10.0. The molecule has 0 radical (unpaired) electrons. The van der Waals surface area contributed by atoms with Crippen molar-refractivity contribution >= 4 is 5.97 Å². The predicted octanol–water partition coefficient (Wildman–Crippen LogP) is 5.33. The second kappa shape index (κ2) is 6.67. The molecule has 0 amide bonds. The summed E-state index contributed by atoms with van der Waals surface area (Å²) in [6.07, 6.45) is 0. The van der Waals surface area contributed by atoms with Crippen molar-refractivity contribution in [2.45, 2.75) is 13.8 Å². The lowest BCUT2D eigenvalue weighted by Gasteiger charge is -2.08. The predicted molar refractivity (Wildman–Crippen MR) is 92.7 cm³/mol. The van der Waals surface area contributed by atoms with Crippen LogP contribution in [0.5, 0.6) is 5.75 Å². The van der Waals surface area contributed by atoms with Gasteiger partial charge in [-0.25, -0.2) is 9.18 Å². The highest BCUT2D eigenvalue weighted by Crippen LogP contribution is 2.23. The van der Waals surface area contributed by atoms with E-state index in [4.69, 9.17) is 4.74 Å². The van der Waals surface area contributed by atoms with E-state index < -0.39 is 11.8 Å². The van der Waals surface area contributed by atoms with Gasteiger partial charge in [-0.1, -0.05) is 53.6 Å². The monoisotopic (exact) mass is 320 g/mol. The van der Waals surface area contributed by atoms with Gasteiger partial charge in [0, 0.05) is 0 Å². The van der Waals surface area contributed by atoms with Crippen LogP contribution in [0.15, 0.2) is 66.7 Å². The van der Waals surface area contributed by atoms with Crippen LogP contribution < -0.4 is 4.74 Å². The van der Waals surface area contributed by atoms with Crippen LogP contribution in [0.2, 0.25) is 0 Å². The largest absolute Gasteiger partial charge is 0.423 e. The summed E-state index contributed by atoms with van der Waals surface area (Å²) in [6, 6.07) is 19.4. The third kappa shape index (κ3) is 3.51. The lowest BCUT2D eigenvalue weighted by molar-refractivity contribution is 0.0730. The third-order valence-electron chi connectivity index (χ3n) is 3.81. The van der Waals surface area contributed by atoms with Crippen LogP contribution in [0.1, 0.15) is 21.5 Å². The Balaban J connectivity index is 1.82. The molecule has 0 saturated heterocycles. The summed E-state index contributed by atoms with van der Waals surface area (Å²) in [5.41, 5.74) is 3.74. The average molecular weight is 320 g/mol. The average Bonchev–Trinajstić information content (AvgIpc) is 2.57. The highest BCUT2D eigenvalue weighted by molar-refractivity contribution is 5.92. The minimum Gasteiger partial charge on any atom is -0.423 e. The number of halogens is 1. The van der Waals surface area contributed by atoms with E-state index in [9.17, 15) is 9.18 Å². The van der Waals surface area contributed by atoms with E-state index in [0.717, 1.165) is 22.3 Å². The number of hydrogen-bond acceptors (Lipinski definition) is 2. The van der Waals surface area contributed by atoms with Crippen LogP contribution >= 0.6 is 0 Å². The van der Waals surface area contributed by atoms with Gasteiger partial charge in [-0.3, -0.25) is 0 Å². The molecule has 0 heterocycles. The maximum atomic E-state index is 14.3. The fraction of sp³-hybridized carbons (Fsp3) is 0.0952. The Morgan fingerprint density at radius 1 is 0.792 bits per heavy atom. The number of benzene rings is 3. The SMILES string of the molecule is Cc1ccc(OC(=O)c2ccc(-c3ccc(C)cc3)cc2F)cc1. The molecule has 0 aliphatic rings.